The number of aliphatic hydroxyl groups excluding tert-OH is 1. The third kappa shape index (κ3) is 3.98. The quantitative estimate of drug-likeness (QED) is 0.602. The Bertz CT molecular complexity index is 1130. The van der Waals surface area contributed by atoms with Gasteiger partial charge in [-0.3, -0.25) is 9.78 Å². The second-order valence-electron chi connectivity index (χ2n) is 7.96. The molecule has 154 valence electrons. The van der Waals surface area contributed by atoms with E-state index in [1.54, 1.807) is 16.8 Å². The molecular weight excluding hydrogens is 380 g/mol. The van der Waals surface area contributed by atoms with Crippen molar-refractivity contribution >= 4 is 17.1 Å². The molecule has 0 radical (unpaired) electrons. The number of nitriles is 1. The van der Waals surface area contributed by atoms with Gasteiger partial charge in [0.25, 0.3) is 5.91 Å². The summed E-state index contributed by atoms with van der Waals surface area (Å²) in [4.78, 5) is 17.4. The van der Waals surface area contributed by atoms with Gasteiger partial charge in [-0.05, 0) is 57.4 Å². The van der Waals surface area contributed by atoms with E-state index >= 15 is 0 Å². The van der Waals surface area contributed by atoms with Crippen molar-refractivity contribution < 1.29 is 9.90 Å². The molecule has 1 saturated carbocycles. The summed E-state index contributed by atoms with van der Waals surface area (Å²) in [5.41, 5.74) is 3.89. The highest BCUT2D eigenvalue weighted by molar-refractivity contribution is 6.00. The van der Waals surface area contributed by atoms with Gasteiger partial charge in [-0.1, -0.05) is 0 Å². The molecule has 3 N–H and O–H groups in total. The first kappa shape index (κ1) is 19.9. The summed E-state index contributed by atoms with van der Waals surface area (Å²) < 4.78 is 1.72. The molecule has 2 atom stereocenters. The number of aliphatic hydroxyl groups is 1. The van der Waals surface area contributed by atoms with Crippen LogP contribution in [0, 0.1) is 11.3 Å². The van der Waals surface area contributed by atoms with E-state index in [0.29, 0.717) is 35.3 Å². The van der Waals surface area contributed by atoms with Gasteiger partial charge in [0.2, 0.25) is 0 Å². The van der Waals surface area contributed by atoms with Crippen LogP contribution in [-0.2, 0) is 0 Å². The lowest BCUT2D eigenvalue weighted by molar-refractivity contribution is 0.0934. The predicted octanol–water partition coefficient (Wildman–Crippen LogP) is 2.73. The minimum Gasteiger partial charge on any atom is -0.393 e. The van der Waals surface area contributed by atoms with Crippen molar-refractivity contribution in [3.8, 4) is 17.5 Å². The number of hydrogen-bond acceptors (Lipinski definition) is 6. The maximum Gasteiger partial charge on any atom is 0.255 e. The Labute approximate surface area is 174 Å². The Kier molecular flexibility index (Phi) is 5.38. The Morgan fingerprint density at radius 1 is 1.30 bits per heavy atom. The van der Waals surface area contributed by atoms with Crippen LogP contribution >= 0.6 is 0 Å². The third-order valence-electron chi connectivity index (χ3n) is 5.22. The maximum absolute atomic E-state index is 12.9. The van der Waals surface area contributed by atoms with Crippen molar-refractivity contribution in [3.63, 3.8) is 0 Å². The molecule has 30 heavy (non-hydrogen) atoms. The van der Waals surface area contributed by atoms with Crippen LogP contribution in [0.25, 0.3) is 16.9 Å². The SMILES string of the molecule is CC(C)Nc1cc(-c2ccc3cc(C#N)cnn23)ncc1C(=O)NC1CC[C@H](O)C1. The van der Waals surface area contributed by atoms with Crippen LogP contribution in [0.2, 0.25) is 0 Å². The molecule has 1 aliphatic rings. The lowest BCUT2D eigenvalue weighted by atomic mass is 10.1. The fourth-order valence-corrected chi connectivity index (χ4v) is 3.81. The summed E-state index contributed by atoms with van der Waals surface area (Å²) in [5.74, 6) is -0.201. The lowest BCUT2D eigenvalue weighted by Gasteiger charge is -2.18. The highest BCUT2D eigenvalue weighted by Gasteiger charge is 2.25. The Balaban J connectivity index is 1.67. The number of anilines is 1. The second-order valence-corrected chi connectivity index (χ2v) is 7.96. The summed E-state index contributed by atoms with van der Waals surface area (Å²) in [6.45, 7) is 4.01. The van der Waals surface area contributed by atoms with E-state index < -0.39 is 0 Å². The molecule has 8 heteroatoms. The van der Waals surface area contributed by atoms with Crippen LogP contribution in [0.1, 0.15) is 49.0 Å². The fraction of sp³-hybridized carbons (Fsp3) is 0.364. The van der Waals surface area contributed by atoms with Gasteiger partial charge in [0.15, 0.2) is 0 Å². The zero-order chi connectivity index (χ0) is 21.3. The van der Waals surface area contributed by atoms with Crippen LogP contribution in [0.3, 0.4) is 0 Å². The molecule has 0 aliphatic heterocycles. The van der Waals surface area contributed by atoms with E-state index in [2.05, 4.69) is 26.8 Å². The van der Waals surface area contributed by atoms with Crippen LogP contribution < -0.4 is 10.6 Å². The average Bonchev–Trinajstić information content (AvgIpc) is 3.32. The molecule has 3 heterocycles. The van der Waals surface area contributed by atoms with E-state index in [0.717, 1.165) is 17.6 Å². The summed E-state index contributed by atoms with van der Waals surface area (Å²) >= 11 is 0. The molecule has 1 amide bonds. The number of rotatable bonds is 5. The van der Waals surface area contributed by atoms with Crippen molar-refractivity contribution in [2.24, 2.45) is 0 Å². The summed E-state index contributed by atoms with van der Waals surface area (Å²) in [6.07, 6.45) is 4.81. The molecule has 0 saturated heterocycles. The third-order valence-corrected chi connectivity index (χ3v) is 5.22. The van der Waals surface area contributed by atoms with Gasteiger partial charge >= 0.3 is 0 Å². The van der Waals surface area contributed by atoms with Crippen molar-refractivity contribution in [3.05, 3.63) is 47.8 Å². The number of fused-ring (bicyclic) bond motifs is 1. The zero-order valence-corrected chi connectivity index (χ0v) is 17.0. The van der Waals surface area contributed by atoms with Gasteiger partial charge in [0, 0.05) is 18.3 Å². The van der Waals surface area contributed by atoms with Crippen LogP contribution in [0.4, 0.5) is 5.69 Å². The van der Waals surface area contributed by atoms with Gasteiger partial charge in [-0.15, -0.1) is 0 Å². The number of aromatic nitrogens is 3. The molecule has 1 fully saturated rings. The highest BCUT2D eigenvalue weighted by atomic mass is 16.3. The number of nitrogens with one attached hydrogen (secondary N) is 2. The van der Waals surface area contributed by atoms with Gasteiger partial charge in [-0.25, -0.2) is 4.52 Å². The van der Waals surface area contributed by atoms with Crippen LogP contribution in [0.15, 0.2) is 36.7 Å². The summed E-state index contributed by atoms with van der Waals surface area (Å²) in [5, 5.41) is 29.5. The number of nitrogens with zero attached hydrogens (tertiary/aromatic N) is 4. The van der Waals surface area contributed by atoms with Crippen molar-refractivity contribution in [2.45, 2.75) is 51.3 Å². The zero-order valence-electron chi connectivity index (χ0n) is 17.0. The number of carbonyl (C=O) groups is 1. The monoisotopic (exact) mass is 404 g/mol. The molecule has 3 aromatic rings. The van der Waals surface area contributed by atoms with Crippen molar-refractivity contribution in [2.75, 3.05) is 5.32 Å². The fourth-order valence-electron chi connectivity index (χ4n) is 3.81. The molecule has 8 nitrogen and oxygen atoms in total. The second kappa shape index (κ2) is 8.13. The van der Waals surface area contributed by atoms with Crippen molar-refractivity contribution in [1.82, 2.24) is 19.9 Å². The van der Waals surface area contributed by atoms with E-state index in [1.165, 1.54) is 6.20 Å². The molecule has 0 bridgehead atoms. The molecule has 0 spiro atoms. The van der Waals surface area contributed by atoms with E-state index in [9.17, 15) is 9.90 Å². The first-order chi connectivity index (χ1) is 14.4. The van der Waals surface area contributed by atoms with Gasteiger partial charge < -0.3 is 15.7 Å². The normalized spacial score (nSPS) is 18.5. The van der Waals surface area contributed by atoms with Gasteiger partial charge in [0.05, 0.1) is 46.0 Å². The van der Waals surface area contributed by atoms with E-state index in [-0.39, 0.29) is 24.1 Å². The molecular formula is C22H24N6O2. The maximum atomic E-state index is 12.9. The first-order valence-corrected chi connectivity index (χ1v) is 10.1. The molecule has 4 rings (SSSR count). The Morgan fingerprint density at radius 3 is 2.83 bits per heavy atom. The predicted molar refractivity (Wildman–Crippen MR) is 113 cm³/mol. The lowest BCUT2D eigenvalue weighted by Crippen LogP contribution is -2.34. The molecule has 1 aliphatic carbocycles. The van der Waals surface area contributed by atoms with Gasteiger partial charge in [-0.2, -0.15) is 10.4 Å². The number of amides is 1. The summed E-state index contributed by atoms with van der Waals surface area (Å²) in [6, 6.07) is 9.58. The van der Waals surface area contributed by atoms with E-state index in [1.807, 2.05) is 32.0 Å². The number of carbonyl (C=O) groups excluding carboxylic acids is 1. The Hall–Kier alpha value is -3.44. The smallest absolute Gasteiger partial charge is 0.255 e. The topological polar surface area (TPSA) is 115 Å². The molecule has 0 aromatic carbocycles. The van der Waals surface area contributed by atoms with E-state index in [4.69, 9.17) is 5.26 Å². The van der Waals surface area contributed by atoms with Crippen LogP contribution in [0.5, 0.6) is 0 Å². The van der Waals surface area contributed by atoms with Gasteiger partial charge in [0.1, 0.15) is 6.07 Å². The minimum absolute atomic E-state index is 0.0211. The molecule has 3 aromatic heterocycles. The average molecular weight is 404 g/mol. The van der Waals surface area contributed by atoms with Crippen molar-refractivity contribution in [1.29, 1.82) is 5.26 Å². The van der Waals surface area contributed by atoms with Crippen LogP contribution in [-0.4, -0.2) is 43.8 Å². The number of hydrogen-bond donors (Lipinski definition) is 3. The minimum atomic E-state index is -0.347. The summed E-state index contributed by atoms with van der Waals surface area (Å²) in [7, 11) is 0. The first-order valence-electron chi connectivity index (χ1n) is 10.1. The number of pyridine rings is 1. The highest BCUT2D eigenvalue weighted by Crippen LogP contribution is 2.26. The Morgan fingerprint density at radius 2 is 2.13 bits per heavy atom. The largest absolute Gasteiger partial charge is 0.393 e. The standard InChI is InChI=1S/C22H24N6O2/c1-13(2)26-19-9-20(21-6-4-16-7-14(10-23)11-25-28(16)21)24-12-18(19)22(30)27-15-3-5-17(29)8-15/h4,6-7,9,11-13,15,17,29H,3,5,8H2,1-2H3,(H,24,26)(H,27,30)/t15?,17-/m0/s1. The molecule has 1 unspecified atom stereocenters.